The van der Waals surface area contributed by atoms with Crippen LogP contribution in [0.25, 0.3) is 0 Å². The minimum atomic E-state index is -4.82. The molecule has 164 valence electrons. The van der Waals surface area contributed by atoms with Crippen LogP contribution in [0.3, 0.4) is 0 Å². The van der Waals surface area contributed by atoms with Gasteiger partial charge in [0, 0.05) is 6.20 Å². The number of rotatable bonds is 6. The molecule has 1 amide bonds. The molecule has 0 radical (unpaired) electrons. The predicted octanol–water partition coefficient (Wildman–Crippen LogP) is 4.97. The lowest BCUT2D eigenvalue weighted by molar-refractivity contribution is -0.138. The second-order valence-electron chi connectivity index (χ2n) is 6.11. The smallest absolute Gasteiger partial charge is 0.417 e. The fourth-order valence-corrected chi connectivity index (χ4v) is 2.58. The third-order valence-corrected chi connectivity index (χ3v) is 4.00. The average molecular weight is 457 g/mol. The highest BCUT2D eigenvalue weighted by atomic mass is 35.5. The monoisotopic (exact) mass is 456 g/mol. The number of pyridine rings is 1. The zero-order valence-electron chi connectivity index (χ0n) is 15.3. The molecule has 30 heavy (non-hydrogen) atoms. The normalized spacial score (nSPS) is 12.0. The molecule has 0 saturated heterocycles. The number of hydrogen-bond donors (Lipinski definition) is 1. The molecule has 0 unspecified atom stereocenters. The van der Waals surface area contributed by atoms with E-state index in [0.717, 1.165) is 12.1 Å². The Labute approximate surface area is 171 Å². The first-order chi connectivity index (χ1) is 13.8. The topological polar surface area (TPSA) is 60.3 Å². The van der Waals surface area contributed by atoms with Crippen LogP contribution in [0.1, 0.15) is 24.5 Å². The van der Waals surface area contributed by atoms with Gasteiger partial charge in [-0.15, -0.1) is 0 Å². The van der Waals surface area contributed by atoms with Gasteiger partial charge in [-0.1, -0.05) is 18.5 Å². The Hall–Kier alpha value is -2.69. The number of halogens is 7. The van der Waals surface area contributed by atoms with E-state index in [1.54, 1.807) is 6.92 Å². The molecule has 1 aromatic carbocycles. The van der Waals surface area contributed by atoms with E-state index in [1.165, 1.54) is 0 Å². The number of carbonyl (C=O) groups excluding carboxylic acids is 1. The number of nitrogens with one attached hydrogen (secondary N) is 1. The summed E-state index contributed by atoms with van der Waals surface area (Å²) in [6, 6.07) is 2.83. The molecule has 0 atom stereocenters. The van der Waals surface area contributed by atoms with E-state index in [-0.39, 0.29) is 18.0 Å². The molecular weight excluding hydrogens is 442 g/mol. The number of nitrogens with zero attached hydrogens (tertiary/aromatic N) is 1. The summed E-state index contributed by atoms with van der Waals surface area (Å²) in [5.41, 5.74) is -3.73. The van der Waals surface area contributed by atoms with Crippen molar-refractivity contribution in [3.8, 4) is 5.75 Å². The third-order valence-electron chi connectivity index (χ3n) is 3.73. The van der Waals surface area contributed by atoms with Crippen LogP contribution in [0.5, 0.6) is 5.75 Å². The quantitative estimate of drug-likeness (QED) is 0.625. The lowest BCUT2D eigenvalue weighted by atomic mass is 10.1. The second-order valence-corrected chi connectivity index (χ2v) is 6.52. The fourth-order valence-electron chi connectivity index (χ4n) is 2.36. The molecule has 0 aliphatic heterocycles. The highest BCUT2D eigenvalue weighted by Crippen LogP contribution is 2.35. The molecule has 0 fully saturated rings. The number of benzene rings is 1. The van der Waals surface area contributed by atoms with Crippen LogP contribution in [-0.2, 0) is 23.7 Å². The van der Waals surface area contributed by atoms with Gasteiger partial charge in [-0.3, -0.25) is 9.59 Å². The highest BCUT2D eigenvalue weighted by molar-refractivity contribution is 6.30. The van der Waals surface area contributed by atoms with Gasteiger partial charge in [-0.05, 0) is 30.7 Å². The van der Waals surface area contributed by atoms with Crippen LogP contribution in [0.2, 0.25) is 5.02 Å². The number of alkyl halides is 6. The molecule has 0 aliphatic carbocycles. The number of anilines is 1. The van der Waals surface area contributed by atoms with Crippen LogP contribution in [0, 0.1) is 0 Å². The zero-order chi connectivity index (χ0) is 22.7. The maximum atomic E-state index is 13.0. The number of ether oxygens (including phenoxy) is 1. The van der Waals surface area contributed by atoms with Crippen molar-refractivity contribution in [1.29, 1.82) is 0 Å². The Kier molecular flexibility index (Phi) is 7.06. The van der Waals surface area contributed by atoms with Crippen molar-refractivity contribution in [2.24, 2.45) is 0 Å². The molecule has 12 heteroatoms. The van der Waals surface area contributed by atoms with Gasteiger partial charge >= 0.3 is 12.4 Å². The van der Waals surface area contributed by atoms with Gasteiger partial charge in [0.1, 0.15) is 17.3 Å². The zero-order valence-corrected chi connectivity index (χ0v) is 16.1. The molecule has 0 spiro atoms. The maximum Gasteiger partial charge on any atom is 0.417 e. The molecule has 1 N–H and O–H groups in total. The van der Waals surface area contributed by atoms with E-state index in [4.69, 9.17) is 16.3 Å². The van der Waals surface area contributed by atoms with Crippen molar-refractivity contribution in [3.05, 3.63) is 57.0 Å². The van der Waals surface area contributed by atoms with Crippen LogP contribution in [-0.4, -0.2) is 17.1 Å². The Morgan fingerprint density at radius 2 is 1.73 bits per heavy atom. The van der Waals surface area contributed by atoms with E-state index in [1.807, 2.05) is 0 Å². The summed E-state index contributed by atoms with van der Waals surface area (Å²) < 4.78 is 83.3. The van der Waals surface area contributed by atoms with Crippen LogP contribution >= 0.6 is 11.6 Å². The van der Waals surface area contributed by atoms with Crippen molar-refractivity contribution in [1.82, 2.24) is 4.57 Å². The summed E-state index contributed by atoms with van der Waals surface area (Å²) in [5, 5.41) is 1.38. The fraction of sp³-hybridized carbons (Fsp3) is 0.333. The first kappa shape index (κ1) is 23.6. The molecule has 2 aromatic rings. The summed E-state index contributed by atoms with van der Waals surface area (Å²) in [5.74, 6) is -1.11. The second kappa shape index (κ2) is 8.99. The lowest BCUT2D eigenvalue weighted by Crippen LogP contribution is -2.29. The van der Waals surface area contributed by atoms with Crippen LogP contribution < -0.4 is 15.6 Å². The standard InChI is InChI=1S/C18H15ClF6N2O3/c1-2-5-30-14-4-3-10(17(20,21)22)7-13(14)26-15(28)9-27-8-11(18(23,24)25)6-12(19)16(27)29/h3-4,6-8H,2,5,9H2,1H3,(H,26,28). The van der Waals surface area contributed by atoms with E-state index in [0.29, 0.717) is 29.3 Å². The lowest BCUT2D eigenvalue weighted by Gasteiger charge is -2.16. The molecule has 5 nitrogen and oxygen atoms in total. The van der Waals surface area contributed by atoms with E-state index >= 15 is 0 Å². The van der Waals surface area contributed by atoms with Gasteiger partial charge in [0.25, 0.3) is 5.56 Å². The van der Waals surface area contributed by atoms with Gasteiger partial charge in [-0.25, -0.2) is 0 Å². The Morgan fingerprint density at radius 1 is 1.10 bits per heavy atom. The van der Waals surface area contributed by atoms with Crippen molar-refractivity contribution >= 4 is 23.2 Å². The van der Waals surface area contributed by atoms with Gasteiger partial charge in [0.05, 0.1) is 23.4 Å². The summed E-state index contributed by atoms with van der Waals surface area (Å²) in [6.45, 7) is 0.995. The Morgan fingerprint density at radius 3 is 2.30 bits per heavy atom. The summed E-state index contributed by atoms with van der Waals surface area (Å²) >= 11 is 5.51. The molecule has 1 aromatic heterocycles. The van der Waals surface area contributed by atoms with Gasteiger partial charge < -0.3 is 14.6 Å². The predicted molar refractivity (Wildman–Crippen MR) is 96.6 cm³/mol. The highest BCUT2D eigenvalue weighted by Gasteiger charge is 2.33. The molecule has 1 heterocycles. The largest absolute Gasteiger partial charge is 0.491 e. The molecule has 0 aliphatic rings. The first-order valence-electron chi connectivity index (χ1n) is 8.44. The van der Waals surface area contributed by atoms with E-state index in [9.17, 15) is 35.9 Å². The minimum absolute atomic E-state index is 0.0624. The van der Waals surface area contributed by atoms with Gasteiger partial charge in [-0.2, -0.15) is 26.3 Å². The minimum Gasteiger partial charge on any atom is -0.491 e. The average Bonchev–Trinajstić information content (AvgIpc) is 2.62. The molecule has 0 saturated carbocycles. The van der Waals surface area contributed by atoms with Crippen molar-refractivity contribution in [2.45, 2.75) is 32.2 Å². The number of amides is 1. The first-order valence-corrected chi connectivity index (χ1v) is 8.81. The van der Waals surface area contributed by atoms with Gasteiger partial charge in [0.2, 0.25) is 5.91 Å². The maximum absolute atomic E-state index is 13.0. The summed E-state index contributed by atoms with van der Waals surface area (Å²) in [7, 11) is 0. The number of hydrogen-bond acceptors (Lipinski definition) is 3. The number of carbonyl (C=O) groups is 1. The Balaban J connectivity index is 2.34. The van der Waals surface area contributed by atoms with E-state index < -0.39 is 46.5 Å². The van der Waals surface area contributed by atoms with E-state index in [2.05, 4.69) is 5.32 Å². The molecular formula is C18H15ClF6N2O3. The van der Waals surface area contributed by atoms with Crippen LogP contribution in [0.4, 0.5) is 32.0 Å². The van der Waals surface area contributed by atoms with Crippen LogP contribution in [0.15, 0.2) is 35.3 Å². The summed E-state index contributed by atoms with van der Waals surface area (Å²) in [4.78, 5) is 24.2. The molecule has 2 rings (SSSR count). The van der Waals surface area contributed by atoms with Gasteiger partial charge in [0.15, 0.2) is 0 Å². The number of aromatic nitrogens is 1. The Bertz CT molecular complexity index is 985. The third kappa shape index (κ3) is 5.91. The van der Waals surface area contributed by atoms with Crippen molar-refractivity contribution < 1.29 is 35.9 Å². The summed E-state index contributed by atoms with van der Waals surface area (Å²) in [6.07, 6.45) is -8.59. The van der Waals surface area contributed by atoms with Crippen molar-refractivity contribution in [2.75, 3.05) is 11.9 Å². The molecule has 0 bridgehead atoms. The SMILES string of the molecule is CCCOc1ccc(C(F)(F)F)cc1NC(=O)Cn1cc(C(F)(F)F)cc(Cl)c1=O. The van der Waals surface area contributed by atoms with Crippen molar-refractivity contribution in [3.63, 3.8) is 0 Å².